The molecule has 2 aromatic carbocycles. The van der Waals surface area contributed by atoms with Gasteiger partial charge in [-0.25, -0.2) is 0 Å². The van der Waals surface area contributed by atoms with Crippen LogP contribution in [0.15, 0.2) is 85.5 Å². The summed E-state index contributed by atoms with van der Waals surface area (Å²) >= 11 is 25.5. The van der Waals surface area contributed by atoms with Crippen molar-refractivity contribution in [2.75, 3.05) is 26.2 Å². The number of aromatic nitrogens is 3. The third-order valence-corrected chi connectivity index (χ3v) is 12.6. The molecule has 0 spiro atoms. The van der Waals surface area contributed by atoms with Gasteiger partial charge in [-0.15, -0.1) is 0 Å². The largest absolute Gasteiger partial charge is 0.342 e. The highest BCUT2D eigenvalue weighted by Crippen LogP contribution is 2.45. The first-order chi connectivity index (χ1) is 26.8. The predicted octanol–water partition coefficient (Wildman–Crippen LogP) is 10.9. The van der Waals surface area contributed by atoms with E-state index in [1.807, 2.05) is 65.7 Å². The lowest BCUT2D eigenvalue weighted by Crippen LogP contribution is -2.40. The average molecular weight is 810 g/mol. The summed E-state index contributed by atoms with van der Waals surface area (Å²) in [5.74, 6) is 1.48. The Morgan fingerprint density at radius 2 is 1.22 bits per heavy atom. The fourth-order valence-electron chi connectivity index (χ4n) is 8.75. The van der Waals surface area contributed by atoms with Gasteiger partial charge in [-0.2, -0.15) is 0 Å². The summed E-state index contributed by atoms with van der Waals surface area (Å²) in [5.41, 5.74) is 9.89. The van der Waals surface area contributed by atoms with E-state index in [2.05, 4.69) is 40.7 Å². The van der Waals surface area contributed by atoms with Crippen molar-refractivity contribution in [3.05, 3.63) is 156 Å². The molecule has 2 atom stereocenters. The van der Waals surface area contributed by atoms with E-state index < -0.39 is 0 Å². The SMILES string of the molecule is Clc1ccc2c(c1)C=Cc1c(Cl)ccnc1C2C1CCNCC1.O=C(Cc1cccnc1)N1CCC(C2c3ccc(Cl)cc3C=Cc3c(Cl)ccnc32)CC1. The van der Waals surface area contributed by atoms with Crippen LogP contribution in [0.4, 0.5) is 0 Å². The van der Waals surface area contributed by atoms with E-state index in [1.54, 1.807) is 18.6 Å². The van der Waals surface area contributed by atoms with E-state index in [0.717, 1.165) is 95.5 Å². The summed E-state index contributed by atoms with van der Waals surface area (Å²) in [5, 5.41) is 6.41. The molecule has 2 aliphatic carbocycles. The van der Waals surface area contributed by atoms with Crippen LogP contribution in [0.5, 0.6) is 0 Å². The van der Waals surface area contributed by atoms with E-state index in [0.29, 0.717) is 28.3 Å². The molecule has 5 heterocycles. The average Bonchev–Trinajstić information content (AvgIpc) is 3.47. The van der Waals surface area contributed by atoms with Gasteiger partial charge in [-0.05, 0) is 121 Å². The smallest absolute Gasteiger partial charge is 0.227 e. The number of nitrogens with zero attached hydrogens (tertiary/aromatic N) is 4. The normalized spacial score (nSPS) is 19.2. The van der Waals surface area contributed by atoms with E-state index in [1.165, 1.54) is 16.7 Å². The lowest BCUT2D eigenvalue weighted by Gasteiger charge is -2.37. The third kappa shape index (κ3) is 8.26. The number of hydrogen-bond donors (Lipinski definition) is 1. The number of piperidine rings is 2. The highest BCUT2D eigenvalue weighted by molar-refractivity contribution is 6.33. The van der Waals surface area contributed by atoms with Crippen molar-refractivity contribution >= 4 is 76.6 Å². The Labute approximate surface area is 342 Å². The van der Waals surface area contributed by atoms with Crippen LogP contribution in [0.1, 0.15) is 87.9 Å². The molecule has 6 nitrogen and oxygen atoms in total. The molecule has 1 amide bonds. The third-order valence-electron chi connectivity index (χ3n) is 11.4. The van der Waals surface area contributed by atoms with Gasteiger partial charge in [0.25, 0.3) is 0 Å². The monoisotopic (exact) mass is 807 g/mol. The maximum absolute atomic E-state index is 12.8. The first-order valence-electron chi connectivity index (χ1n) is 19.0. The van der Waals surface area contributed by atoms with Crippen molar-refractivity contribution in [1.82, 2.24) is 25.2 Å². The second-order valence-corrected chi connectivity index (χ2v) is 16.4. The highest BCUT2D eigenvalue weighted by atomic mass is 35.5. The number of likely N-dealkylation sites (tertiary alicyclic amines) is 1. The summed E-state index contributed by atoms with van der Waals surface area (Å²) in [4.78, 5) is 28.4. The molecule has 3 aromatic heterocycles. The van der Waals surface area contributed by atoms with Crippen LogP contribution in [-0.4, -0.2) is 51.9 Å². The van der Waals surface area contributed by atoms with Gasteiger partial charge in [0.15, 0.2) is 0 Å². The second-order valence-electron chi connectivity index (χ2n) is 14.7. The molecule has 0 saturated carbocycles. The first-order valence-corrected chi connectivity index (χ1v) is 20.5. The van der Waals surface area contributed by atoms with Crippen molar-refractivity contribution in [3.8, 4) is 0 Å². The van der Waals surface area contributed by atoms with E-state index in [-0.39, 0.29) is 17.7 Å². The molecule has 2 saturated heterocycles. The molecule has 2 fully saturated rings. The predicted molar refractivity (Wildman–Crippen MR) is 226 cm³/mol. The van der Waals surface area contributed by atoms with Crippen LogP contribution in [0.25, 0.3) is 24.3 Å². The highest BCUT2D eigenvalue weighted by Gasteiger charge is 2.35. The molecule has 2 unspecified atom stereocenters. The lowest BCUT2D eigenvalue weighted by molar-refractivity contribution is -0.131. The standard InChI is InChI=1S/C26H23Cl2N3O.C19H18Cl2N2/c27-20-4-6-21-19(15-20)3-5-22-23(28)7-11-30-26(22)25(21)18-8-12-31(13-9-18)24(32)14-17-2-1-10-29-16-17;20-14-2-4-15-13(11-14)1-3-16-17(21)7-10-23-19(16)18(15)12-5-8-22-9-6-12/h1-7,10-11,15-16,18,25H,8-9,12-14H2;1-4,7,10-12,18,22H,5-6,8-9H2. The summed E-state index contributed by atoms with van der Waals surface area (Å²) in [6.07, 6.45) is 20.0. The van der Waals surface area contributed by atoms with Crippen LogP contribution in [0.3, 0.4) is 0 Å². The van der Waals surface area contributed by atoms with Crippen LogP contribution < -0.4 is 5.32 Å². The van der Waals surface area contributed by atoms with Crippen LogP contribution in [0.2, 0.25) is 20.1 Å². The zero-order valence-corrected chi connectivity index (χ0v) is 33.3. The summed E-state index contributed by atoms with van der Waals surface area (Å²) < 4.78 is 0. The molecule has 55 heavy (non-hydrogen) atoms. The van der Waals surface area contributed by atoms with Gasteiger partial charge in [0.1, 0.15) is 0 Å². The minimum atomic E-state index is 0.113. The second kappa shape index (κ2) is 17.0. The Hall–Kier alpha value is -4.04. The minimum absolute atomic E-state index is 0.113. The molecule has 0 radical (unpaired) electrons. The molecule has 0 bridgehead atoms. The topological polar surface area (TPSA) is 71.0 Å². The fourth-order valence-corrected chi connectivity index (χ4v) is 9.54. The molecular weight excluding hydrogens is 768 g/mol. The van der Waals surface area contributed by atoms with Crippen LogP contribution in [-0.2, 0) is 11.2 Å². The summed E-state index contributed by atoms with van der Waals surface area (Å²) in [6.45, 7) is 3.61. The summed E-state index contributed by atoms with van der Waals surface area (Å²) in [7, 11) is 0. The number of fused-ring (bicyclic) bond motifs is 4. The first kappa shape index (κ1) is 37.9. The molecule has 2 aliphatic heterocycles. The number of nitrogens with one attached hydrogen (secondary N) is 1. The van der Waals surface area contributed by atoms with Crippen molar-refractivity contribution in [1.29, 1.82) is 0 Å². The van der Waals surface area contributed by atoms with E-state index in [9.17, 15) is 4.79 Å². The van der Waals surface area contributed by atoms with Gasteiger partial charge < -0.3 is 10.2 Å². The van der Waals surface area contributed by atoms with Crippen molar-refractivity contribution in [2.24, 2.45) is 11.8 Å². The number of halogens is 4. The molecular formula is C45H41Cl4N5O. The number of carbonyl (C=O) groups is 1. The summed E-state index contributed by atoms with van der Waals surface area (Å²) in [6, 6.07) is 19.8. The van der Waals surface area contributed by atoms with Crippen molar-refractivity contribution < 1.29 is 4.79 Å². The molecule has 280 valence electrons. The number of benzene rings is 2. The zero-order chi connectivity index (χ0) is 37.9. The van der Waals surface area contributed by atoms with Crippen LogP contribution in [0, 0.1) is 11.8 Å². The Balaban J connectivity index is 0.000000164. The quantitative estimate of drug-likeness (QED) is 0.196. The molecule has 1 N–H and O–H groups in total. The maximum atomic E-state index is 12.8. The Bertz CT molecular complexity index is 2250. The Morgan fingerprint density at radius 3 is 1.75 bits per heavy atom. The lowest BCUT2D eigenvalue weighted by atomic mass is 9.76. The van der Waals surface area contributed by atoms with Crippen LogP contribution >= 0.6 is 46.4 Å². The molecule has 10 heteroatoms. The molecule has 4 aliphatic rings. The number of amides is 1. The number of rotatable bonds is 4. The Morgan fingerprint density at radius 1 is 0.673 bits per heavy atom. The van der Waals surface area contributed by atoms with Gasteiger partial charge in [-0.3, -0.25) is 19.7 Å². The van der Waals surface area contributed by atoms with Crippen molar-refractivity contribution in [3.63, 3.8) is 0 Å². The van der Waals surface area contributed by atoms with Gasteiger partial charge in [0.05, 0.1) is 27.9 Å². The minimum Gasteiger partial charge on any atom is -0.342 e. The van der Waals surface area contributed by atoms with Crippen molar-refractivity contribution in [2.45, 2.75) is 43.9 Å². The van der Waals surface area contributed by atoms with Gasteiger partial charge in [0.2, 0.25) is 5.91 Å². The number of hydrogen-bond acceptors (Lipinski definition) is 5. The fraction of sp³-hybridized carbons (Fsp3) is 0.289. The maximum Gasteiger partial charge on any atom is 0.227 e. The van der Waals surface area contributed by atoms with E-state index in [4.69, 9.17) is 56.4 Å². The number of pyridine rings is 3. The number of carbonyl (C=O) groups excluding carboxylic acids is 1. The van der Waals surface area contributed by atoms with Gasteiger partial charge >= 0.3 is 0 Å². The molecule has 9 rings (SSSR count). The van der Waals surface area contributed by atoms with Gasteiger partial charge in [-0.1, -0.05) is 88.9 Å². The molecule has 5 aromatic rings. The van der Waals surface area contributed by atoms with Gasteiger partial charge in [0, 0.05) is 70.9 Å². The Kier molecular flexibility index (Phi) is 11.7. The van der Waals surface area contributed by atoms with E-state index >= 15 is 0 Å². The zero-order valence-electron chi connectivity index (χ0n) is 30.3.